The normalized spacial score (nSPS) is 11.5. The maximum atomic E-state index is 14.3. The number of amides is 1. The number of nitrogens with one attached hydrogen (secondary N) is 1. The molecule has 1 amide bonds. The maximum Gasteiger partial charge on any atom is 0.416 e. The summed E-state index contributed by atoms with van der Waals surface area (Å²) < 4.78 is 67.0. The Hall–Kier alpha value is -4.08. The number of hydrogen-bond donors (Lipinski definition) is 2. The van der Waals surface area contributed by atoms with E-state index in [-0.39, 0.29) is 11.6 Å². The molecule has 0 unspecified atom stereocenters. The third-order valence-electron chi connectivity index (χ3n) is 4.68. The van der Waals surface area contributed by atoms with E-state index in [4.69, 9.17) is 5.73 Å². The number of carbonyl (C=O) groups is 1. The van der Waals surface area contributed by atoms with Crippen molar-refractivity contribution >= 4 is 28.4 Å². The molecule has 0 aliphatic heterocycles. The van der Waals surface area contributed by atoms with Gasteiger partial charge in [0.25, 0.3) is 5.91 Å². The second kappa shape index (κ2) is 7.88. The molecule has 0 bridgehead atoms. The van der Waals surface area contributed by atoms with Gasteiger partial charge in [-0.15, -0.1) is 0 Å². The topological polar surface area (TPSA) is 80.9 Å². The first kappa shape index (κ1) is 21.2. The molecule has 4 rings (SSSR count). The van der Waals surface area contributed by atoms with Crippen molar-refractivity contribution in [2.24, 2.45) is 0 Å². The first-order chi connectivity index (χ1) is 15.1. The summed E-state index contributed by atoms with van der Waals surface area (Å²) in [4.78, 5) is 20.4. The van der Waals surface area contributed by atoms with Crippen molar-refractivity contribution in [3.8, 4) is 11.1 Å². The number of nitrogens with two attached hydrogens (primary N) is 1. The number of aromatic nitrogens is 2. The van der Waals surface area contributed by atoms with E-state index in [1.54, 1.807) is 18.2 Å². The molecule has 1 heterocycles. The molecule has 0 fully saturated rings. The Balaban J connectivity index is 1.67. The van der Waals surface area contributed by atoms with Crippen molar-refractivity contribution in [2.45, 2.75) is 6.18 Å². The van der Waals surface area contributed by atoms with Crippen molar-refractivity contribution in [3.05, 3.63) is 83.6 Å². The molecule has 0 spiro atoms. The largest absolute Gasteiger partial charge is 0.416 e. The van der Waals surface area contributed by atoms with E-state index in [2.05, 4.69) is 15.3 Å². The number of alkyl halides is 3. The Kier molecular flexibility index (Phi) is 5.21. The highest BCUT2D eigenvalue weighted by atomic mass is 19.4. The number of halogens is 5. The molecule has 3 N–H and O–H groups in total. The van der Waals surface area contributed by atoms with Crippen LogP contribution in [-0.4, -0.2) is 15.9 Å². The van der Waals surface area contributed by atoms with Gasteiger partial charge >= 0.3 is 6.18 Å². The van der Waals surface area contributed by atoms with Crippen molar-refractivity contribution in [2.75, 3.05) is 11.1 Å². The van der Waals surface area contributed by atoms with E-state index in [1.807, 2.05) is 0 Å². The van der Waals surface area contributed by atoms with Crippen molar-refractivity contribution in [1.29, 1.82) is 0 Å². The molecule has 4 aromatic rings. The zero-order chi connectivity index (χ0) is 23.0. The van der Waals surface area contributed by atoms with E-state index in [1.165, 1.54) is 18.3 Å². The molecule has 0 radical (unpaired) electrons. The van der Waals surface area contributed by atoms with Gasteiger partial charge in [0, 0.05) is 11.6 Å². The fraction of sp³-hybridized carbons (Fsp3) is 0.0455. The van der Waals surface area contributed by atoms with Gasteiger partial charge in [0.2, 0.25) is 5.95 Å². The second-order valence-electron chi connectivity index (χ2n) is 6.84. The van der Waals surface area contributed by atoms with Crippen LogP contribution in [-0.2, 0) is 6.18 Å². The Bertz CT molecular complexity index is 1350. The molecule has 3 aromatic carbocycles. The number of hydrogen-bond acceptors (Lipinski definition) is 4. The fourth-order valence-electron chi connectivity index (χ4n) is 3.09. The lowest BCUT2D eigenvalue weighted by molar-refractivity contribution is -0.137. The molecular formula is C22H13F5N4O. The first-order valence-corrected chi connectivity index (χ1v) is 9.12. The zero-order valence-corrected chi connectivity index (χ0v) is 16.0. The van der Waals surface area contributed by atoms with Crippen LogP contribution in [0.4, 0.5) is 33.6 Å². The summed E-state index contributed by atoms with van der Waals surface area (Å²) in [7, 11) is 0. The van der Waals surface area contributed by atoms with E-state index in [0.29, 0.717) is 40.2 Å². The highest BCUT2D eigenvalue weighted by molar-refractivity contribution is 6.05. The van der Waals surface area contributed by atoms with Gasteiger partial charge in [0.05, 0.1) is 22.3 Å². The average molecular weight is 444 g/mol. The molecule has 0 aliphatic carbocycles. The minimum atomic E-state index is -4.77. The number of nitrogens with zero attached hydrogens (tertiary/aromatic N) is 2. The number of anilines is 2. The number of fused-ring (bicyclic) bond motifs is 1. The van der Waals surface area contributed by atoms with Gasteiger partial charge in [-0.1, -0.05) is 12.1 Å². The van der Waals surface area contributed by atoms with Gasteiger partial charge in [-0.3, -0.25) is 4.79 Å². The molecule has 5 nitrogen and oxygen atoms in total. The predicted molar refractivity (Wildman–Crippen MR) is 109 cm³/mol. The Labute approximate surface area is 177 Å². The molecule has 0 aliphatic rings. The smallest absolute Gasteiger partial charge is 0.368 e. The lowest BCUT2D eigenvalue weighted by Crippen LogP contribution is -2.16. The van der Waals surface area contributed by atoms with E-state index in [9.17, 15) is 26.7 Å². The average Bonchev–Trinajstić information content (AvgIpc) is 2.74. The SMILES string of the molecule is Nc1ncc2cc(-c3ccc(F)c(NC(=O)c4cc(C(F)(F)F)ccc4F)c3)ccc2n1. The van der Waals surface area contributed by atoms with E-state index in [0.717, 1.165) is 6.07 Å². The van der Waals surface area contributed by atoms with Gasteiger partial charge < -0.3 is 11.1 Å². The van der Waals surface area contributed by atoms with Gasteiger partial charge in [0.1, 0.15) is 11.6 Å². The summed E-state index contributed by atoms with van der Waals surface area (Å²) in [5.41, 5.74) is 4.90. The maximum absolute atomic E-state index is 14.3. The van der Waals surface area contributed by atoms with E-state index >= 15 is 0 Å². The minimum Gasteiger partial charge on any atom is -0.368 e. The second-order valence-corrected chi connectivity index (χ2v) is 6.84. The monoisotopic (exact) mass is 444 g/mol. The molecule has 0 atom stereocenters. The van der Waals surface area contributed by atoms with Gasteiger partial charge in [0.15, 0.2) is 0 Å². The quantitative estimate of drug-likeness (QED) is 0.413. The minimum absolute atomic E-state index is 0.110. The predicted octanol–water partition coefficient (Wildman–Crippen LogP) is 5.43. The lowest BCUT2D eigenvalue weighted by Gasteiger charge is -2.12. The third-order valence-corrected chi connectivity index (χ3v) is 4.68. The van der Waals surface area contributed by atoms with Crippen LogP contribution in [0, 0.1) is 11.6 Å². The van der Waals surface area contributed by atoms with Crippen molar-refractivity contribution in [1.82, 2.24) is 9.97 Å². The van der Waals surface area contributed by atoms with Crippen LogP contribution >= 0.6 is 0 Å². The van der Waals surface area contributed by atoms with Crippen LogP contribution < -0.4 is 11.1 Å². The molecule has 1 aromatic heterocycles. The summed E-state index contributed by atoms with van der Waals surface area (Å²) in [6, 6.07) is 10.4. The Morgan fingerprint density at radius 3 is 2.34 bits per heavy atom. The van der Waals surface area contributed by atoms with Crippen LogP contribution in [0.3, 0.4) is 0 Å². The molecular weight excluding hydrogens is 431 g/mol. The molecule has 10 heteroatoms. The van der Waals surface area contributed by atoms with Crippen molar-refractivity contribution < 1.29 is 26.7 Å². The molecule has 32 heavy (non-hydrogen) atoms. The first-order valence-electron chi connectivity index (χ1n) is 9.12. The number of nitrogen functional groups attached to an aromatic ring is 1. The molecule has 0 saturated heterocycles. The molecule has 0 saturated carbocycles. The highest BCUT2D eigenvalue weighted by Crippen LogP contribution is 2.31. The Morgan fingerprint density at radius 2 is 1.59 bits per heavy atom. The van der Waals surface area contributed by atoms with Crippen LogP contribution in [0.1, 0.15) is 15.9 Å². The lowest BCUT2D eigenvalue weighted by atomic mass is 10.0. The zero-order valence-electron chi connectivity index (χ0n) is 16.0. The van der Waals surface area contributed by atoms with Crippen LogP contribution in [0.15, 0.2) is 60.8 Å². The summed E-state index contributed by atoms with van der Waals surface area (Å²) in [6.45, 7) is 0. The number of rotatable bonds is 3. The summed E-state index contributed by atoms with van der Waals surface area (Å²) in [5, 5.41) is 2.80. The highest BCUT2D eigenvalue weighted by Gasteiger charge is 2.32. The Morgan fingerprint density at radius 1 is 0.906 bits per heavy atom. The number of carbonyl (C=O) groups excluding carboxylic acids is 1. The van der Waals surface area contributed by atoms with Gasteiger partial charge in [-0.05, 0) is 53.6 Å². The van der Waals surface area contributed by atoms with Crippen molar-refractivity contribution in [3.63, 3.8) is 0 Å². The van der Waals surface area contributed by atoms with Crippen LogP contribution in [0.5, 0.6) is 0 Å². The molecule has 162 valence electrons. The summed E-state index contributed by atoms with van der Waals surface area (Å²) >= 11 is 0. The van der Waals surface area contributed by atoms with Crippen LogP contribution in [0.25, 0.3) is 22.0 Å². The third kappa shape index (κ3) is 4.20. The van der Waals surface area contributed by atoms with Gasteiger partial charge in [-0.25, -0.2) is 18.7 Å². The number of benzene rings is 3. The van der Waals surface area contributed by atoms with E-state index < -0.39 is 34.8 Å². The summed E-state index contributed by atoms with van der Waals surface area (Å²) in [6.07, 6.45) is -3.25. The van der Waals surface area contributed by atoms with Gasteiger partial charge in [-0.2, -0.15) is 13.2 Å². The summed E-state index contributed by atoms with van der Waals surface area (Å²) in [5.74, 6) is -3.11. The van der Waals surface area contributed by atoms with Crippen LogP contribution in [0.2, 0.25) is 0 Å². The fourth-order valence-corrected chi connectivity index (χ4v) is 3.09. The standard InChI is InChI=1S/C22H13F5N4O/c23-16-5-3-14(22(25,26)27)9-15(16)20(32)30-19-8-12(1-4-17(19)24)11-2-6-18-13(7-11)10-29-21(28)31-18/h1-10H,(H,30,32)(H2,28,29,31).